The highest BCUT2D eigenvalue weighted by Crippen LogP contribution is 2.11. The monoisotopic (exact) mass is 138 g/mol. The Balaban J connectivity index is 2.75. The second kappa shape index (κ2) is 4.09. The van der Waals surface area contributed by atoms with Crippen molar-refractivity contribution in [3.63, 3.8) is 0 Å². The van der Waals surface area contributed by atoms with Gasteiger partial charge >= 0.3 is 0 Å². The van der Waals surface area contributed by atoms with Gasteiger partial charge in [-0.3, -0.25) is 0 Å². The lowest BCUT2D eigenvalue weighted by atomic mass is 11.9. The standard InChI is InChI=1S/C3H10S2Si/c1-4-6(3)5-2/h6H,1-3H3. The van der Waals surface area contributed by atoms with E-state index >= 15 is 0 Å². The molecule has 0 N–H and O–H groups in total. The fourth-order valence-electron chi connectivity index (χ4n) is 0.0962. The van der Waals surface area contributed by atoms with Crippen LogP contribution in [0.15, 0.2) is 0 Å². The first-order chi connectivity index (χ1) is 2.81. The smallest absolute Gasteiger partial charge is 0.157 e. The molecule has 0 aromatic carbocycles. The van der Waals surface area contributed by atoms with Crippen molar-refractivity contribution in [1.29, 1.82) is 0 Å². The molecule has 0 rings (SSSR count). The molecule has 0 unspecified atom stereocenters. The van der Waals surface area contributed by atoms with Gasteiger partial charge in [-0.2, -0.15) is 22.4 Å². The van der Waals surface area contributed by atoms with Gasteiger partial charge in [0, 0.05) is 0 Å². The van der Waals surface area contributed by atoms with Crippen molar-refractivity contribution < 1.29 is 0 Å². The number of rotatable bonds is 2. The van der Waals surface area contributed by atoms with E-state index in [1.54, 1.807) is 0 Å². The van der Waals surface area contributed by atoms with E-state index in [0.717, 1.165) is 0 Å². The van der Waals surface area contributed by atoms with E-state index in [4.69, 9.17) is 0 Å². The highest BCUT2D eigenvalue weighted by Gasteiger charge is 1.92. The van der Waals surface area contributed by atoms with E-state index in [2.05, 4.69) is 19.1 Å². The van der Waals surface area contributed by atoms with Gasteiger partial charge in [-0.1, -0.05) is 6.55 Å². The van der Waals surface area contributed by atoms with Gasteiger partial charge in [-0.15, -0.1) is 0 Å². The first kappa shape index (κ1) is 6.92. The zero-order valence-corrected chi connectivity index (χ0v) is 7.18. The third-order valence-electron chi connectivity index (χ3n) is 0.664. The second-order valence-corrected chi connectivity index (χ2v) is 11.1. The minimum absolute atomic E-state index is 0.327. The summed E-state index contributed by atoms with van der Waals surface area (Å²) in [5.41, 5.74) is 0. The van der Waals surface area contributed by atoms with E-state index in [9.17, 15) is 0 Å². The topological polar surface area (TPSA) is 0 Å². The Kier molecular flexibility index (Phi) is 4.71. The van der Waals surface area contributed by atoms with Crippen molar-refractivity contribution in [1.82, 2.24) is 0 Å². The molecule has 0 spiro atoms. The van der Waals surface area contributed by atoms with E-state index < -0.39 is 0 Å². The van der Waals surface area contributed by atoms with Crippen molar-refractivity contribution in [2.75, 3.05) is 12.5 Å². The zero-order chi connectivity index (χ0) is 4.99. The molecule has 3 heteroatoms. The van der Waals surface area contributed by atoms with Crippen LogP contribution in [0.4, 0.5) is 0 Å². The van der Waals surface area contributed by atoms with Crippen molar-refractivity contribution in [3.05, 3.63) is 0 Å². The summed E-state index contributed by atoms with van der Waals surface area (Å²) < 4.78 is 0. The van der Waals surface area contributed by atoms with E-state index in [-0.39, 0.29) is 7.10 Å². The Morgan fingerprint density at radius 1 is 1.17 bits per heavy atom. The van der Waals surface area contributed by atoms with Crippen LogP contribution in [0, 0.1) is 0 Å². The molecule has 6 heavy (non-hydrogen) atoms. The molecule has 0 fully saturated rings. The molecule has 0 radical (unpaired) electrons. The molecule has 0 amide bonds. The van der Waals surface area contributed by atoms with Gasteiger partial charge in [0.25, 0.3) is 0 Å². The van der Waals surface area contributed by atoms with Crippen LogP contribution in [0.2, 0.25) is 6.55 Å². The third kappa shape index (κ3) is 3.12. The van der Waals surface area contributed by atoms with Crippen LogP contribution in [-0.4, -0.2) is 19.6 Å². The summed E-state index contributed by atoms with van der Waals surface area (Å²) in [6, 6.07) is 0. The average molecular weight is 138 g/mol. The molecular weight excluding hydrogens is 128 g/mol. The van der Waals surface area contributed by atoms with Crippen molar-refractivity contribution in [3.8, 4) is 0 Å². The van der Waals surface area contributed by atoms with Gasteiger partial charge in [-0.05, 0) is 12.5 Å². The summed E-state index contributed by atoms with van der Waals surface area (Å²) in [5, 5.41) is 0. The maximum Gasteiger partial charge on any atom is 0.157 e. The van der Waals surface area contributed by atoms with Crippen LogP contribution in [0.1, 0.15) is 0 Å². The lowest BCUT2D eigenvalue weighted by molar-refractivity contribution is 2.33. The van der Waals surface area contributed by atoms with E-state index in [1.165, 1.54) is 0 Å². The summed E-state index contributed by atoms with van der Waals surface area (Å²) in [6.45, 7) is 2.34. The summed E-state index contributed by atoms with van der Waals surface area (Å²) in [4.78, 5) is 0. The summed E-state index contributed by atoms with van der Waals surface area (Å²) in [7, 11) is -0.327. The van der Waals surface area contributed by atoms with Crippen LogP contribution in [-0.2, 0) is 0 Å². The highest BCUT2D eigenvalue weighted by molar-refractivity contribution is 8.53. The maximum atomic E-state index is 2.34. The first-order valence-corrected chi connectivity index (χ1v) is 8.42. The Hall–Kier alpha value is 0.917. The van der Waals surface area contributed by atoms with Gasteiger partial charge in [0.2, 0.25) is 0 Å². The number of hydrogen-bond acceptors (Lipinski definition) is 2. The highest BCUT2D eigenvalue weighted by atomic mass is 32.6. The normalized spacial score (nSPS) is 10.0. The Bertz CT molecular complexity index is 28.0. The van der Waals surface area contributed by atoms with Crippen molar-refractivity contribution >= 4 is 29.5 Å². The summed E-state index contributed by atoms with van der Waals surface area (Å²) in [5.74, 6) is 0. The minimum Gasteiger partial charge on any atom is -0.180 e. The van der Waals surface area contributed by atoms with Crippen molar-refractivity contribution in [2.24, 2.45) is 0 Å². The quantitative estimate of drug-likeness (QED) is 0.531. The van der Waals surface area contributed by atoms with Gasteiger partial charge < -0.3 is 0 Å². The lowest BCUT2D eigenvalue weighted by Crippen LogP contribution is -1.89. The predicted octanol–water partition coefficient (Wildman–Crippen LogP) is 1.56. The third-order valence-corrected chi connectivity index (χ3v) is 9.44. The molecule has 0 aromatic rings. The molecule has 0 aliphatic carbocycles. The predicted molar refractivity (Wildman–Crippen MR) is 40.0 cm³/mol. The molecule has 38 valence electrons. The van der Waals surface area contributed by atoms with Crippen LogP contribution >= 0.6 is 22.4 Å². The largest absolute Gasteiger partial charge is 0.180 e. The lowest BCUT2D eigenvalue weighted by Gasteiger charge is -1.96. The van der Waals surface area contributed by atoms with Gasteiger partial charge in [-0.25, -0.2) is 0 Å². The van der Waals surface area contributed by atoms with Gasteiger partial charge in [0.1, 0.15) is 0 Å². The van der Waals surface area contributed by atoms with Crippen LogP contribution in [0.3, 0.4) is 0 Å². The SMILES string of the molecule is CS[SiH](C)SC. The van der Waals surface area contributed by atoms with Gasteiger partial charge in [0.15, 0.2) is 7.10 Å². The van der Waals surface area contributed by atoms with Crippen LogP contribution in [0.5, 0.6) is 0 Å². The molecule has 0 saturated carbocycles. The second-order valence-electron chi connectivity index (χ2n) is 1.04. The fraction of sp³-hybridized carbons (Fsp3) is 1.00. The summed E-state index contributed by atoms with van der Waals surface area (Å²) in [6.07, 6.45) is 4.38. The average Bonchev–Trinajstić information content (AvgIpc) is 1.65. The minimum atomic E-state index is -0.327. The molecule has 0 heterocycles. The number of hydrogen-bond donors (Lipinski definition) is 0. The fourth-order valence-corrected chi connectivity index (χ4v) is 2.60. The summed E-state index contributed by atoms with van der Waals surface area (Å²) >= 11 is 4.05. The Labute approximate surface area is 49.0 Å². The van der Waals surface area contributed by atoms with Gasteiger partial charge in [0.05, 0.1) is 0 Å². The molecule has 0 bridgehead atoms. The Morgan fingerprint density at radius 3 is 1.50 bits per heavy atom. The molecule has 0 aliphatic rings. The molecule has 0 atom stereocenters. The molecule has 0 nitrogen and oxygen atoms in total. The molecule has 0 aliphatic heterocycles. The van der Waals surface area contributed by atoms with E-state index in [1.807, 2.05) is 22.4 Å². The van der Waals surface area contributed by atoms with Crippen LogP contribution < -0.4 is 0 Å². The zero-order valence-electron chi connectivity index (χ0n) is 4.39. The molecular formula is C3H10S2Si. The van der Waals surface area contributed by atoms with Crippen molar-refractivity contribution in [2.45, 2.75) is 6.55 Å². The van der Waals surface area contributed by atoms with Crippen LogP contribution in [0.25, 0.3) is 0 Å². The first-order valence-electron chi connectivity index (χ1n) is 1.87. The maximum absolute atomic E-state index is 2.34. The van der Waals surface area contributed by atoms with E-state index in [0.29, 0.717) is 0 Å². The molecule has 0 aromatic heterocycles. The Morgan fingerprint density at radius 2 is 1.50 bits per heavy atom. The molecule has 0 saturated heterocycles.